The van der Waals surface area contributed by atoms with Gasteiger partial charge in [0.1, 0.15) is 0 Å². The van der Waals surface area contributed by atoms with Crippen LogP contribution in [0.4, 0.5) is 0 Å². The third-order valence-corrected chi connectivity index (χ3v) is 3.89. The molecular weight excluding hydrogens is 324 g/mol. The molecule has 132 valence electrons. The Balaban J connectivity index is 1.39. The zero-order chi connectivity index (χ0) is 17.6. The van der Waals surface area contributed by atoms with Crippen molar-refractivity contribution < 1.29 is 23.5 Å². The van der Waals surface area contributed by atoms with E-state index in [-0.39, 0.29) is 30.4 Å². The molecule has 1 aromatic heterocycles. The summed E-state index contributed by atoms with van der Waals surface area (Å²) >= 11 is 0. The molecular formula is C18H20N2O5. The summed E-state index contributed by atoms with van der Waals surface area (Å²) in [6, 6.07) is 8.72. The number of hydrogen-bond donors (Lipinski definition) is 2. The van der Waals surface area contributed by atoms with Gasteiger partial charge in [-0.25, -0.2) is 0 Å². The third-order valence-electron chi connectivity index (χ3n) is 3.89. The summed E-state index contributed by atoms with van der Waals surface area (Å²) in [5.74, 6) is 1.33. The minimum absolute atomic E-state index is 0.0718. The standard InChI is InChI=1S/C18H20N2O5/c1-12(13-6-7-14-16(10-13)25-11-24-14)20-17(21)5-2-8-19-18(22)15-4-3-9-23-15/h3-4,6-7,9-10,12H,2,5,8,11H2,1H3,(H,19,22)(H,20,21)/t12-/m1/s1. The number of furan rings is 1. The van der Waals surface area contributed by atoms with Crippen molar-refractivity contribution in [3.05, 3.63) is 47.9 Å². The average Bonchev–Trinajstić information content (AvgIpc) is 3.28. The van der Waals surface area contributed by atoms with Gasteiger partial charge in [0.15, 0.2) is 17.3 Å². The molecule has 3 rings (SSSR count). The van der Waals surface area contributed by atoms with Crippen LogP contribution in [0.25, 0.3) is 0 Å². The van der Waals surface area contributed by atoms with Crippen LogP contribution < -0.4 is 20.1 Å². The molecule has 2 amide bonds. The Morgan fingerprint density at radius 2 is 2.04 bits per heavy atom. The van der Waals surface area contributed by atoms with Crippen LogP contribution in [0.2, 0.25) is 0 Å². The van der Waals surface area contributed by atoms with Crippen molar-refractivity contribution in [2.75, 3.05) is 13.3 Å². The van der Waals surface area contributed by atoms with Gasteiger partial charge >= 0.3 is 0 Å². The molecule has 1 aromatic carbocycles. The van der Waals surface area contributed by atoms with Crippen molar-refractivity contribution in [2.45, 2.75) is 25.8 Å². The smallest absolute Gasteiger partial charge is 0.286 e. The first-order chi connectivity index (χ1) is 12.1. The Labute approximate surface area is 145 Å². The maximum Gasteiger partial charge on any atom is 0.286 e. The molecule has 0 radical (unpaired) electrons. The predicted octanol–water partition coefficient (Wildman–Crippen LogP) is 2.40. The van der Waals surface area contributed by atoms with E-state index in [1.165, 1.54) is 6.26 Å². The lowest BCUT2D eigenvalue weighted by atomic mass is 10.1. The van der Waals surface area contributed by atoms with Gasteiger partial charge in [-0.2, -0.15) is 0 Å². The Morgan fingerprint density at radius 1 is 1.20 bits per heavy atom. The first-order valence-electron chi connectivity index (χ1n) is 8.14. The number of ether oxygens (including phenoxy) is 2. The van der Waals surface area contributed by atoms with Crippen molar-refractivity contribution in [3.8, 4) is 11.5 Å². The molecule has 1 aliphatic heterocycles. The maximum absolute atomic E-state index is 12.0. The minimum Gasteiger partial charge on any atom is -0.459 e. The van der Waals surface area contributed by atoms with Gasteiger partial charge in [0.05, 0.1) is 12.3 Å². The zero-order valence-electron chi connectivity index (χ0n) is 13.9. The van der Waals surface area contributed by atoms with Crippen molar-refractivity contribution in [3.63, 3.8) is 0 Å². The molecule has 1 aliphatic rings. The van der Waals surface area contributed by atoms with Crippen LogP contribution in [0.1, 0.15) is 41.9 Å². The molecule has 1 atom stereocenters. The number of benzene rings is 1. The molecule has 25 heavy (non-hydrogen) atoms. The van der Waals surface area contributed by atoms with Gasteiger partial charge < -0.3 is 24.5 Å². The topological polar surface area (TPSA) is 89.8 Å². The van der Waals surface area contributed by atoms with Gasteiger partial charge in [0.2, 0.25) is 12.7 Å². The Morgan fingerprint density at radius 3 is 2.84 bits per heavy atom. The van der Waals surface area contributed by atoms with Crippen LogP contribution in [0, 0.1) is 0 Å². The Kier molecular flexibility index (Phi) is 5.23. The lowest BCUT2D eigenvalue weighted by Crippen LogP contribution is -2.28. The van der Waals surface area contributed by atoms with Gasteiger partial charge in [-0.1, -0.05) is 6.07 Å². The van der Waals surface area contributed by atoms with Crippen LogP contribution in [0.15, 0.2) is 41.0 Å². The van der Waals surface area contributed by atoms with E-state index in [1.807, 2.05) is 25.1 Å². The van der Waals surface area contributed by atoms with Crippen LogP contribution in [-0.2, 0) is 4.79 Å². The van der Waals surface area contributed by atoms with E-state index < -0.39 is 0 Å². The Bertz CT molecular complexity index is 742. The summed E-state index contributed by atoms with van der Waals surface area (Å²) in [7, 11) is 0. The number of amides is 2. The molecule has 2 aromatic rings. The van der Waals surface area contributed by atoms with Gasteiger partial charge in [-0.3, -0.25) is 9.59 Å². The van der Waals surface area contributed by atoms with Crippen molar-refractivity contribution >= 4 is 11.8 Å². The second kappa shape index (κ2) is 7.74. The number of rotatable bonds is 7. The van der Waals surface area contributed by atoms with E-state index in [0.29, 0.717) is 25.1 Å². The maximum atomic E-state index is 12.0. The second-order valence-corrected chi connectivity index (χ2v) is 5.74. The number of fused-ring (bicyclic) bond motifs is 1. The highest BCUT2D eigenvalue weighted by Crippen LogP contribution is 2.34. The van der Waals surface area contributed by atoms with Gasteiger partial charge in [0, 0.05) is 13.0 Å². The van der Waals surface area contributed by atoms with Crippen molar-refractivity contribution in [1.29, 1.82) is 0 Å². The summed E-state index contributed by atoms with van der Waals surface area (Å²) in [4.78, 5) is 23.7. The third kappa shape index (κ3) is 4.32. The quantitative estimate of drug-likeness (QED) is 0.753. The van der Waals surface area contributed by atoms with Crippen LogP contribution >= 0.6 is 0 Å². The normalized spacial score (nSPS) is 13.3. The van der Waals surface area contributed by atoms with E-state index in [4.69, 9.17) is 13.9 Å². The Hall–Kier alpha value is -2.96. The molecule has 0 bridgehead atoms. The number of carbonyl (C=O) groups is 2. The second-order valence-electron chi connectivity index (χ2n) is 5.74. The van der Waals surface area contributed by atoms with Gasteiger partial charge in [0.25, 0.3) is 5.91 Å². The fourth-order valence-corrected chi connectivity index (χ4v) is 2.53. The first kappa shape index (κ1) is 16.9. The number of hydrogen-bond acceptors (Lipinski definition) is 5. The van der Waals surface area contributed by atoms with E-state index in [1.54, 1.807) is 12.1 Å². The van der Waals surface area contributed by atoms with Gasteiger partial charge in [-0.05, 0) is 43.2 Å². The molecule has 0 aliphatic carbocycles. The molecule has 7 nitrogen and oxygen atoms in total. The van der Waals surface area contributed by atoms with E-state index in [0.717, 1.165) is 11.3 Å². The van der Waals surface area contributed by atoms with Crippen LogP contribution in [0.3, 0.4) is 0 Å². The summed E-state index contributed by atoms with van der Waals surface area (Å²) in [5, 5.41) is 5.65. The SMILES string of the molecule is C[C@@H](NC(=O)CCCNC(=O)c1ccco1)c1ccc2c(c1)OCO2. The molecule has 0 fully saturated rings. The number of carbonyl (C=O) groups excluding carboxylic acids is 2. The lowest BCUT2D eigenvalue weighted by Gasteiger charge is -2.15. The van der Waals surface area contributed by atoms with Crippen LogP contribution in [-0.4, -0.2) is 25.2 Å². The average molecular weight is 344 g/mol. The molecule has 0 spiro atoms. The fourth-order valence-electron chi connectivity index (χ4n) is 2.53. The monoisotopic (exact) mass is 344 g/mol. The summed E-state index contributed by atoms with van der Waals surface area (Å²) in [6.07, 6.45) is 2.32. The van der Waals surface area contributed by atoms with E-state index >= 15 is 0 Å². The molecule has 2 heterocycles. The van der Waals surface area contributed by atoms with Crippen molar-refractivity contribution in [2.24, 2.45) is 0 Å². The molecule has 0 saturated carbocycles. The molecule has 0 saturated heterocycles. The van der Waals surface area contributed by atoms with Gasteiger partial charge in [-0.15, -0.1) is 0 Å². The zero-order valence-corrected chi connectivity index (χ0v) is 13.9. The molecule has 2 N–H and O–H groups in total. The highest BCUT2D eigenvalue weighted by molar-refractivity contribution is 5.91. The van der Waals surface area contributed by atoms with Crippen LogP contribution in [0.5, 0.6) is 11.5 Å². The summed E-state index contributed by atoms with van der Waals surface area (Å²) in [6.45, 7) is 2.54. The van der Waals surface area contributed by atoms with E-state index in [9.17, 15) is 9.59 Å². The highest BCUT2D eigenvalue weighted by atomic mass is 16.7. The van der Waals surface area contributed by atoms with E-state index in [2.05, 4.69) is 10.6 Å². The first-order valence-corrected chi connectivity index (χ1v) is 8.14. The fraction of sp³-hybridized carbons (Fsp3) is 0.333. The lowest BCUT2D eigenvalue weighted by molar-refractivity contribution is -0.121. The summed E-state index contributed by atoms with van der Waals surface area (Å²) in [5.41, 5.74) is 0.948. The molecule has 7 heteroatoms. The van der Waals surface area contributed by atoms with Crippen molar-refractivity contribution in [1.82, 2.24) is 10.6 Å². The molecule has 0 unspecified atom stereocenters. The highest BCUT2D eigenvalue weighted by Gasteiger charge is 2.16. The summed E-state index contributed by atoms with van der Waals surface area (Å²) < 4.78 is 15.6. The predicted molar refractivity (Wildman–Crippen MR) is 89.4 cm³/mol. The minimum atomic E-state index is -0.279. The largest absolute Gasteiger partial charge is 0.459 e. The number of nitrogens with one attached hydrogen (secondary N) is 2.